The van der Waals surface area contributed by atoms with Gasteiger partial charge in [0.05, 0.1) is 5.69 Å². The molecule has 1 aromatic carbocycles. The highest BCUT2D eigenvalue weighted by Gasteiger charge is 2.28. The lowest BCUT2D eigenvalue weighted by Crippen LogP contribution is -2.22. The molecule has 1 aliphatic rings. The zero-order valence-corrected chi connectivity index (χ0v) is 14.1. The van der Waals surface area contributed by atoms with Crippen LogP contribution in [0.1, 0.15) is 50.8 Å². The maximum Gasteiger partial charge on any atom is 0.265 e. The quantitative estimate of drug-likeness (QED) is 0.877. The molecule has 4 heteroatoms. The predicted octanol–water partition coefficient (Wildman–Crippen LogP) is 4.37. The number of aromatic nitrogens is 2. The maximum absolute atomic E-state index is 12.2. The summed E-state index contributed by atoms with van der Waals surface area (Å²) in [5.41, 5.74) is 2.84. The Morgan fingerprint density at radius 2 is 1.90 bits per heavy atom. The van der Waals surface area contributed by atoms with Crippen molar-refractivity contribution in [3.63, 3.8) is 0 Å². The van der Waals surface area contributed by atoms with Crippen molar-refractivity contribution >= 4 is 15.9 Å². The summed E-state index contributed by atoms with van der Waals surface area (Å²) in [7, 11) is 0. The highest BCUT2D eigenvalue weighted by Crippen LogP contribution is 2.43. The first kappa shape index (κ1) is 14.5. The Morgan fingerprint density at radius 3 is 2.52 bits per heavy atom. The Hall–Kier alpha value is -1.42. The Kier molecular flexibility index (Phi) is 3.52. The summed E-state index contributed by atoms with van der Waals surface area (Å²) in [4.78, 5) is 19.9. The molecule has 0 unspecified atom stereocenters. The molecule has 0 spiro atoms. The van der Waals surface area contributed by atoms with E-state index in [1.54, 1.807) is 0 Å². The summed E-state index contributed by atoms with van der Waals surface area (Å²) in [6.07, 6.45) is 2.45. The van der Waals surface area contributed by atoms with E-state index in [-0.39, 0.29) is 11.0 Å². The topological polar surface area (TPSA) is 45.8 Å². The molecule has 110 valence electrons. The average Bonchev–Trinajstić information content (AvgIpc) is 3.25. The number of rotatable bonds is 2. The Morgan fingerprint density at radius 1 is 1.24 bits per heavy atom. The second kappa shape index (κ2) is 5.09. The van der Waals surface area contributed by atoms with Crippen LogP contribution in [0, 0.1) is 0 Å². The molecular formula is C17H19BrN2O. The van der Waals surface area contributed by atoms with Gasteiger partial charge in [-0.2, -0.15) is 0 Å². The second-order valence-corrected chi connectivity index (χ2v) is 7.48. The fourth-order valence-corrected chi connectivity index (χ4v) is 3.33. The number of nitrogens with zero attached hydrogens (tertiary/aromatic N) is 1. The third-order valence-electron chi connectivity index (χ3n) is 3.81. The monoisotopic (exact) mass is 346 g/mol. The third kappa shape index (κ3) is 2.82. The molecular weight excluding hydrogens is 328 g/mol. The summed E-state index contributed by atoms with van der Waals surface area (Å²) >= 11 is 3.38. The Labute approximate surface area is 133 Å². The first-order valence-corrected chi connectivity index (χ1v) is 8.07. The maximum atomic E-state index is 12.2. The van der Waals surface area contributed by atoms with Gasteiger partial charge in [0.2, 0.25) is 0 Å². The Balaban J connectivity index is 2.20. The molecule has 0 bridgehead atoms. The molecule has 0 atom stereocenters. The van der Waals surface area contributed by atoms with E-state index in [9.17, 15) is 4.79 Å². The van der Waals surface area contributed by atoms with E-state index in [1.165, 1.54) is 18.4 Å². The van der Waals surface area contributed by atoms with Gasteiger partial charge in [-0.1, -0.05) is 45.0 Å². The van der Waals surface area contributed by atoms with Crippen molar-refractivity contribution in [2.45, 2.75) is 44.9 Å². The first-order valence-electron chi connectivity index (χ1n) is 7.27. The van der Waals surface area contributed by atoms with Gasteiger partial charge in [0, 0.05) is 11.0 Å². The number of nitrogens with one attached hydrogen (secondary N) is 1. The van der Waals surface area contributed by atoms with Crippen LogP contribution in [0.25, 0.3) is 11.4 Å². The number of H-pyrrole nitrogens is 1. The van der Waals surface area contributed by atoms with Crippen LogP contribution >= 0.6 is 15.9 Å². The second-order valence-electron chi connectivity index (χ2n) is 6.69. The van der Waals surface area contributed by atoms with Crippen molar-refractivity contribution in [2.75, 3.05) is 0 Å². The van der Waals surface area contributed by atoms with Crippen LogP contribution in [0.4, 0.5) is 0 Å². The summed E-state index contributed by atoms with van der Waals surface area (Å²) in [5, 5.41) is 0. The van der Waals surface area contributed by atoms with Crippen molar-refractivity contribution in [3.8, 4) is 11.4 Å². The summed E-state index contributed by atoms with van der Waals surface area (Å²) in [5.74, 6) is 1.30. The molecule has 0 aliphatic heterocycles. The van der Waals surface area contributed by atoms with Crippen LogP contribution in [0.2, 0.25) is 0 Å². The van der Waals surface area contributed by atoms with E-state index in [4.69, 9.17) is 4.98 Å². The molecule has 1 aromatic heterocycles. The zero-order valence-electron chi connectivity index (χ0n) is 12.5. The summed E-state index contributed by atoms with van der Waals surface area (Å²) < 4.78 is 0.530. The fraction of sp³-hybridized carbons (Fsp3) is 0.412. The van der Waals surface area contributed by atoms with Gasteiger partial charge in [-0.3, -0.25) is 4.79 Å². The van der Waals surface area contributed by atoms with Gasteiger partial charge in [-0.15, -0.1) is 0 Å². The SMILES string of the molecule is CC(C)(C)c1nc(-c2ccccc2C2CC2)[nH]c(=O)c1Br. The normalized spacial score (nSPS) is 15.2. The van der Waals surface area contributed by atoms with E-state index in [1.807, 2.05) is 12.1 Å². The van der Waals surface area contributed by atoms with E-state index in [2.05, 4.69) is 53.8 Å². The molecule has 3 rings (SSSR count). The zero-order chi connectivity index (χ0) is 15.2. The lowest BCUT2D eigenvalue weighted by atomic mass is 9.91. The summed E-state index contributed by atoms with van der Waals surface area (Å²) in [6.45, 7) is 6.20. The molecule has 3 nitrogen and oxygen atoms in total. The standard InChI is InChI=1S/C17H19BrN2O/c1-17(2,3)14-13(18)16(21)20-15(19-14)12-7-5-4-6-11(12)10-8-9-10/h4-7,10H,8-9H2,1-3H3,(H,19,20,21). The van der Waals surface area contributed by atoms with Crippen LogP contribution < -0.4 is 5.56 Å². The molecule has 1 saturated carbocycles. The van der Waals surface area contributed by atoms with Gasteiger partial charge in [0.25, 0.3) is 5.56 Å². The lowest BCUT2D eigenvalue weighted by Gasteiger charge is -2.20. The lowest BCUT2D eigenvalue weighted by molar-refractivity contribution is 0.562. The first-order chi connectivity index (χ1) is 9.88. The molecule has 1 N–H and O–H groups in total. The van der Waals surface area contributed by atoms with Gasteiger partial charge in [-0.05, 0) is 40.3 Å². The number of halogens is 1. The van der Waals surface area contributed by atoms with Gasteiger partial charge < -0.3 is 4.98 Å². The van der Waals surface area contributed by atoms with Crippen LogP contribution in [0.15, 0.2) is 33.5 Å². The van der Waals surface area contributed by atoms with E-state index < -0.39 is 0 Å². The molecule has 0 radical (unpaired) electrons. The van der Waals surface area contributed by atoms with Crippen LogP contribution in [-0.2, 0) is 5.41 Å². The van der Waals surface area contributed by atoms with E-state index in [0.717, 1.165) is 11.3 Å². The molecule has 1 aliphatic carbocycles. The minimum Gasteiger partial charge on any atom is -0.306 e. The van der Waals surface area contributed by atoms with Crippen molar-refractivity contribution in [2.24, 2.45) is 0 Å². The number of benzene rings is 1. The van der Waals surface area contributed by atoms with Gasteiger partial charge in [-0.25, -0.2) is 4.98 Å². The molecule has 21 heavy (non-hydrogen) atoms. The van der Waals surface area contributed by atoms with Gasteiger partial charge in [0.1, 0.15) is 10.3 Å². The molecule has 0 amide bonds. The highest BCUT2D eigenvalue weighted by molar-refractivity contribution is 9.10. The fourth-order valence-electron chi connectivity index (χ4n) is 2.55. The van der Waals surface area contributed by atoms with Crippen molar-refractivity contribution in [1.82, 2.24) is 9.97 Å². The number of hydrogen-bond donors (Lipinski definition) is 1. The molecule has 0 saturated heterocycles. The van der Waals surface area contributed by atoms with E-state index >= 15 is 0 Å². The molecule has 1 fully saturated rings. The summed E-state index contributed by atoms with van der Waals surface area (Å²) in [6, 6.07) is 8.25. The molecule has 2 aromatic rings. The van der Waals surface area contributed by atoms with Crippen LogP contribution in [0.5, 0.6) is 0 Å². The number of hydrogen-bond acceptors (Lipinski definition) is 2. The van der Waals surface area contributed by atoms with Gasteiger partial charge >= 0.3 is 0 Å². The van der Waals surface area contributed by atoms with Crippen molar-refractivity contribution < 1.29 is 0 Å². The van der Waals surface area contributed by atoms with Crippen LogP contribution in [-0.4, -0.2) is 9.97 Å². The van der Waals surface area contributed by atoms with Crippen LogP contribution in [0.3, 0.4) is 0 Å². The minimum atomic E-state index is -0.184. The van der Waals surface area contributed by atoms with Gasteiger partial charge in [0.15, 0.2) is 0 Å². The third-order valence-corrected chi connectivity index (χ3v) is 4.54. The smallest absolute Gasteiger partial charge is 0.265 e. The largest absolute Gasteiger partial charge is 0.306 e. The van der Waals surface area contributed by atoms with Crippen molar-refractivity contribution in [1.29, 1.82) is 0 Å². The van der Waals surface area contributed by atoms with Crippen molar-refractivity contribution in [3.05, 3.63) is 50.3 Å². The minimum absolute atomic E-state index is 0.115. The average molecular weight is 347 g/mol. The molecule has 1 heterocycles. The Bertz CT molecular complexity index is 739. The van der Waals surface area contributed by atoms with E-state index in [0.29, 0.717) is 16.2 Å². The predicted molar refractivity (Wildman–Crippen MR) is 88.7 cm³/mol. The highest BCUT2D eigenvalue weighted by atomic mass is 79.9. The number of aromatic amines is 1.